The van der Waals surface area contributed by atoms with E-state index in [4.69, 9.17) is 25.8 Å². The summed E-state index contributed by atoms with van der Waals surface area (Å²) in [6.45, 7) is 2.02. The van der Waals surface area contributed by atoms with Crippen LogP contribution in [-0.4, -0.2) is 47.8 Å². The average Bonchev–Trinajstić information content (AvgIpc) is 2.74. The molecular formula is C21H18ClF4N3O6. The van der Waals surface area contributed by atoms with Crippen LogP contribution in [0.3, 0.4) is 0 Å². The van der Waals surface area contributed by atoms with Crippen molar-refractivity contribution in [3.05, 3.63) is 41.3 Å². The number of halogens is 5. The number of aromatic nitrogens is 1. The van der Waals surface area contributed by atoms with Gasteiger partial charge in [-0.3, -0.25) is 4.79 Å². The first-order valence-corrected chi connectivity index (χ1v) is 10.4. The van der Waals surface area contributed by atoms with E-state index < -0.39 is 54.2 Å². The predicted molar refractivity (Wildman–Crippen MR) is 113 cm³/mol. The minimum Gasteiger partial charge on any atom is -0.466 e. The van der Waals surface area contributed by atoms with Crippen LogP contribution in [0.1, 0.15) is 20.3 Å². The van der Waals surface area contributed by atoms with Crippen molar-refractivity contribution in [2.24, 2.45) is 0 Å². The van der Waals surface area contributed by atoms with Crippen LogP contribution < -0.4 is 19.7 Å². The van der Waals surface area contributed by atoms with Gasteiger partial charge in [0.25, 0.3) is 0 Å². The molecule has 1 unspecified atom stereocenters. The van der Waals surface area contributed by atoms with E-state index in [0.717, 1.165) is 12.1 Å². The number of hydrogen-bond donors (Lipinski definition) is 1. The van der Waals surface area contributed by atoms with Crippen molar-refractivity contribution in [3.63, 3.8) is 0 Å². The highest BCUT2D eigenvalue weighted by atomic mass is 35.5. The molecule has 0 spiro atoms. The van der Waals surface area contributed by atoms with Crippen LogP contribution in [0.4, 0.5) is 28.0 Å². The van der Waals surface area contributed by atoms with Crippen LogP contribution in [0, 0.1) is 5.82 Å². The number of hydrogen-bond acceptors (Lipinski definition) is 7. The highest BCUT2D eigenvalue weighted by Crippen LogP contribution is 2.40. The van der Waals surface area contributed by atoms with Gasteiger partial charge in [0.15, 0.2) is 6.61 Å². The number of amides is 3. The van der Waals surface area contributed by atoms with Gasteiger partial charge in [-0.05, 0) is 26.0 Å². The van der Waals surface area contributed by atoms with E-state index in [0.29, 0.717) is 6.92 Å². The maximum atomic E-state index is 14.6. The summed E-state index contributed by atoms with van der Waals surface area (Å²) < 4.78 is 69.9. The Kier molecular flexibility index (Phi) is 7.38. The minimum atomic E-state index is -4.91. The number of anilines is 1. The van der Waals surface area contributed by atoms with Gasteiger partial charge in [0.2, 0.25) is 11.8 Å². The van der Waals surface area contributed by atoms with Crippen molar-refractivity contribution < 1.29 is 46.2 Å². The molecular weight excluding hydrogens is 502 g/mol. The van der Waals surface area contributed by atoms with Gasteiger partial charge < -0.3 is 19.5 Å². The fraction of sp³-hybridized carbons (Fsp3) is 0.333. The first-order valence-electron chi connectivity index (χ1n) is 9.98. The number of esters is 1. The van der Waals surface area contributed by atoms with E-state index in [1.165, 1.54) is 18.3 Å². The number of ether oxygens (including phenoxy) is 3. The summed E-state index contributed by atoms with van der Waals surface area (Å²) in [5.74, 6) is -3.23. The summed E-state index contributed by atoms with van der Waals surface area (Å²) in [7, 11) is 0. The van der Waals surface area contributed by atoms with Gasteiger partial charge in [-0.2, -0.15) is 13.2 Å². The van der Waals surface area contributed by atoms with Crippen molar-refractivity contribution in [3.8, 4) is 17.4 Å². The van der Waals surface area contributed by atoms with Crippen molar-refractivity contribution in [1.82, 2.24) is 10.3 Å². The van der Waals surface area contributed by atoms with Crippen LogP contribution in [-0.2, 0) is 14.3 Å². The van der Waals surface area contributed by atoms with E-state index in [-0.39, 0.29) is 33.9 Å². The molecule has 3 rings (SSSR count). The number of carbonyl (C=O) groups excluding carboxylic acids is 3. The number of nitrogens with zero attached hydrogens (tertiary/aromatic N) is 2. The van der Waals surface area contributed by atoms with Crippen LogP contribution in [0.5, 0.6) is 17.4 Å². The van der Waals surface area contributed by atoms with Gasteiger partial charge in [0.1, 0.15) is 22.9 Å². The number of nitrogens with one attached hydrogen (secondary N) is 1. The Morgan fingerprint density at radius 3 is 2.63 bits per heavy atom. The largest absolute Gasteiger partial charge is 0.466 e. The summed E-state index contributed by atoms with van der Waals surface area (Å²) in [4.78, 5) is 40.4. The summed E-state index contributed by atoms with van der Waals surface area (Å²) in [6, 6.07) is 2.80. The van der Waals surface area contributed by atoms with Crippen LogP contribution >= 0.6 is 11.6 Å². The molecule has 1 N–H and O–H groups in total. The van der Waals surface area contributed by atoms with Crippen LogP contribution in [0.25, 0.3) is 0 Å². The number of alkyl halides is 3. The zero-order valence-corrected chi connectivity index (χ0v) is 19.0. The molecule has 0 bridgehead atoms. The number of rotatable bonds is 7. The quantitative estimate of drug-likeness (QED) is 0.427. The molecule has 1 atom stereocenters. The van der Waals surface area contributed by atoms with E-state index in [1.807, 2.05) is 0 Å². The molecule has 188 valence electrons. The Bertz CT molecular complexity index is 1140. The number of imide groups is 1. The van der Waals surface area contributed by atoms with Gasteiger partial charge in [-0.15, -0.1) is 0 Å². The predicted octanol–water partition coefficient (Wildman–Crippen LogP) is 4.38. The Hall–Kier alpha value is -3.61. The third-order valence-electron chi connectivity index (χ3n) is 4.79. The molecule has 14 heteroatoms. The van der Waals surface area contributed by atoms with Gasteiger partial charge in [-0.25, -0.2) is 23.9 Å². The van der Waals surface area contributed by atoms with Gasteiger partial charge in [0.05, 0.1) is 23.7 Å². The summed E-state index contributed by atoms with van der Waals surface area (Å²) >= 11 is 6.02. The number of benzene rings is 1. The lowest BCUT2D eigenvalue weighted by Gasteiger charge is -2.39. The number of urea groups is 1. The highest BCUT2D eigenvalue weighted by Gasteiger charge is 2.57. The fourth-order valence-corrected chi connectivity index (χ4v) is 3.20. The molecule has 9 nitrogen and oxygen atoms in total. The lowest BCUT2D eigenvalue weighted by atomic mass is 9.94. The molecule has 0 aliphatic carbocycles. The zero-order chi connectivity index (χ0) is 26.0. The summed E-state index contributed by atoms with van der Waals surface area (Å²) in [5.41, 5.74) is -3.47. The Balaban J connectivity index is 1.84. The monoisotopic (exact) mass is 519 g/mol. The summed E-state index contributed by atoms with van der Waals surface area (Å²) in [5, 5.41) is 1.44. The van der Waals surface area contributed by atoms with Crippen LogP contribution in [0.15, 0.2) is 30.5 Å². The van der Waals surface area contributed by atoms with Gasteiger partial charge in [-0.1, -0.05) is 11.6 Å². The maximum absolute atomic E-state index is 14.6. The molecule has 2 heterocycles. The van der Waals surface area contributed by atoms with Crippen LogP contribution in [0.2, 0.25) is 5.02 Å². The molecule has 1 aliphatic heterocycles. The first kappa shape index (κ1) is 26.0. The minimum absolute atomic E-state index is 0.0222. The molecule has 0 saturated carbocycles. The van der Waals surface area contributed by atoms with Crippen molar-refractivity contribution in [2.45, 2.75) is 32.0 Å². The molecule has 0 radical (unpaired) electrons. The second-order valence-corrected chi connectivity index (χ2v) is 7.83. The Labute approximate surface area is 200 Å². The molecule has 2 aromatic rings. The molecule has 1 saturated heterocycles. The Morgan fingerprint density at radius 1 is 1.29 bits per heavy atom. The smallest absolute Gasteiger partial charge is 0.411 e. The van der Waals surface area contributed by atoms with E-state index in [1.54, 1.807) is 12.2 Å². The van der Waals surface area contributed by atoms with Gasteiger partial charge in [0, 0.05) is 18.3 Å². The lowest BCUT2D eigenvalue weighted by Crippen LogP contribution is -2.66. The molecule has 35 heavy (non-hydrogen) atoms. The normalized spacial score (nSPS) is 18.2. The van der Waals surface area contributed by atoms with Crippen molar-refractivity contribution >= 4 is 35.2 Å². The van der Waals surface area contributed by atoms with Crippen molar-refractivity contribution in [2.75, 3.05) is 18.1 Å². The maximum Gasteiger partial charge on any atom is 0.411 e. The molecule has 1 aliphatic rings. The van der Waals surface area contributed by atoms with Crippen molar-refractivity contribution in [1.29, 1.82) is 0 Å². The topological polar surface area (TPSA) is 107 Å². The molecule has 1 fully saturated rings. The van der Waals surface area contributed by atoms with E-state index >= 15 is 0 Å². The first-order chi connectivity index (χ1) is 16.3. The molecule has 1 aromatic heterocycles. The van der Waals surface area contributed by atoms with E-state index in [9.17, 15) is 31.9 Å². The third kappa shape index (κ3) is 5.73. The average molecular weight is 520 g/mol. The van der Waals surface area contributed by atoms with E-state index in [2.05, 4.69) is 4.98 Å². The zero-order valence-electron chi connectivity index (χ0n) is 18.2. The second kappa shape index (κ2) is 9.94. The highest BCUT2D eigenvalue weighted by molar-refractivity contribution is 6.32. The molecule has 1 aromatic carbocycles. The Morgan fingerprint density at radius 2 is 2.00 bits per heavy atom. The molecule has 3 amide bonds. The lowest BCUT2D eigenvalue weighted by molar-refractivity contribution is -0.192. The van der Waals surface area contributed by atoms with Gasteiger partial charge >= 0.3 is 18.2 Å². The fourth-order valence-electron chi connectivity index (χ4n) is 3.01. The third-order valence-corrected chi connectivity index (χ3v) is 5.08. The SMILES string of the molecule is CCOC(=O)COc1cc(Oc2cc(N3C(=O)CC(C)(C(F)(F)F)NC3=O)c(F)cc2Cl)ccn1. The number of pyridine rings is 1. The standard InChI is InChI=1S/C21H18ClF4N3O6/c1-3-33-18(31)10-34-16-6-11(4-5-27-16)35-15-8-14(13(23)7-12(15)22)29-17(30)9-20(2,21(24,25)26)28-19(29)32/h4-8H,3,9-10H2,1-2H3,(H,28,32). The number of carbonyl (C=O) groups is 3. The summed E-state index contributed by atoms with van der Waals surface area (Å²) in [6.07, 6.45) is -4.79. The second-order valence-electron chi connectivity index (χ2n) is 7.43.